The summed E-state index contributed by atoms with van der Waals surface area (Å²) in [5.41, 5.74) is -1.82. The van der Waals surface area contributed by atoms with Crippen LogP contribution in [0.25, 0.3) is 0 Å². The monoisotopic (exact) mass is 1490 g/mol. The predicted molar refractivity (Wildman–Crippen MR) is 464 cm³/mol. The minimum Gasteiger partial charge on any atom is -0.377 e. The average molecular weight is 1490 g/mol. The van der Waals surface area contributed by atoms with Crippen molar-refractivity contribution in [2.24, 2.45) is 0 Å². The van der Waals surface area contributed by atoms with Crippen LogP contribution in [0.4, 0.5) is 22.7 Å². The maximum absolute atomic E-state index is 14.3. The van der Waals surface area contributed by atoms with Crippen LogP contribution in [0.15, 0.2) is 97.1 Å². The lowest BCUT2D eigenvalue weighted by Gasteiger charge is -2.45. The van der Waals surface area contributed by atoms with Gasteiger partial charge < -0.3 is 31.5 Å². The Labute approximate surface area is 662 Å². The van der Waals surface area contributed by atoms with Gasteiger partial charge in [-0.3, -0.25) is 19.2 Å². The average Bonchev–Trinajstić information content (AvgIpc) is 0.714. The van der Waals surface area contributed by atoms with Gasteiger partial charge in [-0.05, 0) is 72.2 Å². The Kier molecular flexibility index (Phi) is 56.5. The fraction of sp³-hybridized carbons (Fsp3) is 0.714. The zero-order chi connectivity index (χ0) is 77.3. The Morgan fingerprint density at radius 3 is 0.565 bits per heavy atom. The number of rotatable bonds is 73. The summed E-state index contributed by atoms with van der Waals surface area (Å²) in [5, 5.41) is 41.3. The largest absolute Gasteiger partial charge is 0.377 e. The van der Waals surface area contributed by atoms with Gasteiger partial charge in [-0.25, -0.2) is 0 Å². The summed E-state index contributed by atoms with van der Waals surface area (Å²) in [7, 11) is 0. The van der Waals surface area contributed by atoms with E-state index in [1.54, 1.807) is 60.7 Å². The molecule has 4 amide bonds. The first-order valence-corrected chi connectivity index (χ1v) is 46.1. The van der Waals surface area contributed by atoms with Crippen molar-refractivity contribution in [2.75, 3.05) is 21.3 Å². The number of amides is 4. The molecule has 10 nitrogen and oxygen atoms in total. The number of benzene rings is 4. The molecule has 0 fully saturated rings. The van der Waals surface area contributed by atoms with Gasteiger partial charge in [0.25, 0.3) is 0 Å². The summed E-state index contributed by atoms with van der Waals surface area (Å²) >= 11 is 0. The van der Waals surface area contributed by atoms with Crippen molar-refractivity contribution in [3.05, 3.63) is 119 Å². The number of carbonyl (C=O) groups is 4. The second-order valence-electron chi connectivity index (χ2n) is 32.7. The van der Waals surface area contributed by atoms with E-state index in [0.29, 0.717) is 59.6 Å². The number of hydrogen-bond donors (Lipinski definition) is 6. The normalized spacial score (nSPS) is 12.6. The number of unbranched alkanes of at least 4 members (excludes halogenated alkanes) is 56. The first-order valence-electron chi connectivity index (χ1n) is 46.1. The Hall–Kier alpha value is -5.32. The Morgan fingerprint density at radius 2 is 0.380 bits per heavy atom. The molecule has 0 aliphatic carbocycles. The molecule has 10 heteroatoms. The highest BCUT2D eigenvalue weighted by Crippen LogP contribution is 2.52. The molecule has 4 rings (SSSR count). The van der Waals surface area contributed by atoms with Gasteiger partial charge in [0, 0.05) is 25.7 Å². The summed E-state index contributed by atoms with van der Waals surface area (Å²) in [6.07, 6.45) is 75.3. The zero-order valence-corrected chi connectivity index (χ0v) is 70.0. The van der Waals surface area contributed by atoms with Crippen LogP contribution in [0, 0.1) is 0 Å². The first-order chi connectivity index (χ1) is 53.0. The standard InChI is InChI=1S/C98H162N4O6/c1-5-9-13-17-21-25-29-33-37-41-45-49-53-57-67-75-93(103)99-89-81-79-87(83-91(89)101-95(105)77-69-59-55-51-47-43-39-35-31-27-23-19-15-11-7-3)97(107,85-71-63-61-64-72-85)98(108,86-73-65-62-66-74-86)88-80-82-90(100-94(104)76-68-58-54-50-46-42-38-34-30-26-22-18-14-10-6-2)92(84-88)102-96(106)78-70-60-56-52-48-44-40-36-32-28-24-20-16-12-8-4/h61-66,71-74,79-84,107-108H,5-60,67-70,75-78H2,1-4H3,(H,99,103)(H,100,104)(H,101,105)(H,102,106). The topological polar surface area (TPSA) is 157 Å². The van der Waals surface area contributed by atoms with Crippen LogP contribution < -0.4 is 21.3 Å². The molecule has 2 atom stereocenters. The third-order valence-corrected chi connectivity index (χ3v) is 22.9. The van der Waals surface area contributed by atoms with Crippen LogP contribution in [0.2, 0.25) is 0 Å². The Balaban J connectivity index is 1.58. The molecular formula is C98H162N4O6. The lowest BCUT2D eigenvalue weighted by molar-refractivity contribution is -0.117. The zero-order valence-electron chi connectivity index (χ0n) is 70.0. The van der Waals surface area contributed by atoms with Gasteiger partial charge in [0.15, 0.2) is 11.2 Å². The predicted octanol–water partition coefficient (Wildman–Crippen LogP) is 29.7. The third-order valence-electron chi connectivity index (χ3n) is 22.9. The summed E-state index contributed by atoms with van der Waals surface area (Å²) in [6.45, 7) is 9.10. The van der Waals surface area contributed by atoms with E-state index in [2.05, 4.69) is 49.0 Å². The lowest BCUT2D eigenvalue weighted by Crippen LogP contribution is -2.51. The molecule has 0 saturated heterocycles. The Bertz CT molecular complexity index is 2650. The fourth-order valence-electron chi connectivity index (χ4n) is 16.0. The smallest absolute Gasteiger partial charge is 0.224 e. The summed E-state index contributed by atoms with van der Waals surface area (Å²) < 4.78 is 0. The van der Waals surface area contributed by atoms with E-state index >= 15 is 0 Å². The van der Waals surface area contributed by atoms with Crippen molar-refractivity contribution in [1.82, 2.24) is 0 Å². The molecule has 6 N–H and O–H groups in total. The van der Waals surface area contributed by atoms with Crippen LogP contribution in [-0.4, -0.2) is 33.8 Å². The number of nitrogens with one attached hydrogen (secondary N) is 4. The summed E-state index contributed by atoms with van der Waals surface area (Å²) in [5.74, 6) is -0.678. The van der Waals surface area contributed by atoms with Crippen LogP contribution >= 0.6 is 0 Å². The molecule has 0 bridgehead atoms. The maximum Gasteiger partial charge on any atom is 0.224 e. The maximum atomic E-state index is 14.3. The van der Waals surface area contributed by atoms with Crippen LogP contribution in [-0.2, 0) is 30.4 Å². The number of hydrogen-bond acceptors (Lipinski definition) is 6. The van der Waals surface area contributed by atoms with Crippen LogP contribution in [0.1, 0.15) is 461 Å². The van der Waals surface area contributed by atoms with Crippen LogP contribution in [0.3, 0.4) is 0 Å². The van der Waals surface area contributed by atoms with E-state index in [-0.39, 0.29) is 34.8 Å². The number of aliphatic hydroxyl groups is 2. The van der Waals surface area contributed by atoms with Gasteiger partial charge in [-0.1, -0.05) is 460 Å². The van der Waals surface area contributed by atoms with Gasteiger partial charge in [-0.15, -0.1) is 0 Å². The van der Waals surface area contributed by atoms with E-state index in [9.17, 15) is 29.4 Å². The minimum absolute atomic E-state index is 0.148. The Morgan fingerprint density at radius 1 is 0.213 bits per heavy atom. The highest BCUT2D eigenvalue weighted by Gasteiger charge is 2.55. The van der Waals surface area contributed by atoms with Crippen molar-refractivity contribution in [3.63, 3.8) is 0 Å². The number of anilines is 4. The van der Waals surface area contributed by atoms with Crippen molar-refractivity contribution in [3.8, 4) is 0 Å². The summed E-state index contributed by atoms with van der Waals surface area (Å²) in [6, 6.07) is 28.6. The lowest BCUT2D eigenvalue weighted by atomic mass is 9.66. The molecule has 0 saturated carbocycles. The molecule has 610 valence electrons. The van der Waals surface area contributed by atoms with Gasteiger partial charge in [0.05, 0.1) is 22.7 Å². The van der Waals surface area contributed by atoms with Crippen molar-refractivity contribution in [2.45, 2.75) is 450 Å². The van der Waals surface area contributed by atoms with Crippen molar-refractivity contribution >= 4 is 46.4 Å². The van der Waals surface area contributed by atoms with Crippen LogP contribution in [0.5, 0.6) is 0 Å². The summed E-state index contributed by atoms with van der Waals surface area (Å²) in [4.78, 5) is 56.7. The van der Waals surface area contributed by atoms with E-state index in [1.807, 2.05) is 36.4 Å². The number of carbonyl (C=O) groups excluding carboxylic acids is 4. The third kappa shape index (κ3) is 42.4. The van der Waals surface area contributed by atoms with E-state index in [0.717, 1.165) is 89.9 Å². The highest BCUT2D eigenvalue weighted by atomic mass is 16.4. The molecule has 2 unspecified atom stereocenters. The molecule has 0 spiro atoms. The second-order valence-corrected chi connectivity index (χ2v) is 32.7. The van der Waals surface area contributed by atoms with Crippen molar-refractivity contribution in [1.29, 1.82) is 0 Å². The molecule has 0 aliphatic rings. The molecule has 0 radical (unpaired) electrons. The van der Waals surface area contributed by atoms with E-state index in [4.69, 9.17) is 0 Å². The fourth-order valence-corrected chi connectivity index (χ4v) is 16.0. The molecule has 108 heavy (non-hydrogen) atoms. The molecule has 4 aromatic carbocycles. The molecule has 4 aromatic rings. The van der Waals surface area contributed by atoms with Crippen molar-refractivity contribution < 1.29 is 29.4 Å². The molecule has 0 aromatic heterocycles. The van der Waals surface area contributed by atoms with Gasteiger partial charge in [-0.2, -0.15) is 0 Å². The second kappa shape index (κ2) is 64.2. The molecular weight excluding hydrogens is 1330 g/mol. The highest BCUT2D eigenvalue weighted by molar-refractivity contribution is 6.01. The minimum atomic E-state index is -2.28. The molecule has 0 heterocycles. The van der Waals surface area contributed by atoms with E-state index in [1.165, 1.54) is 295 Å². The quantitative estimate of drug-likeness (QED) is 0.0242. The van der Waals surface area contributed by atoms with Gasteiger partial charge in [0.2, 0.25) is 23.6 Å². The van der Waals surface area contributed by atoms with Gasteiger partial charge >= 0.3 is 0 Å². The van der Waals surface area contributed by atoms with E-state index < -0.39 is 11.2 Å². The SMILES string of the molecule is CCCCCCCCCCCCCCCCCC(=O)Nc1ccc(C(O)(c2ccccc2)C(O)(c2ccccc2)c2ccc(NC(=O)CCCCCCCCCCCCCCCCC)c(NC(=O)CCCCCCCCCCCCCCCCC)c2)cc1NC(=O)CCCCCCCCCCCCCCCCC. The van der Waals surface area contributed by atoms with Gasteiger partial charge in [0.1, 0.15) is 0 Å². The first kappa shape index (κ1) is 95.1. The molecule has 0 aliphatic heterocycles.